The number of aromatic nitrogens is 2. The smallest absolute Gasteiger partial charge is 0.141 e. The summed E-state index contributed by atoms with van der Waals surface area (Å²) in [6.07, 6.45) is 1.81. The van der Waals surface area contributed by atoms with Crippen molar-refractivity contribution < 1.29 is 4.74 Å². The molecule has 0 aliphatic carbocycles. The Morgan fingerprint density at radius 3 is 2.60 bits per heavy atom. The molecule has 0 unspecified atom stereocenters. The van der Waals surface area contributed by atoms with Crippen molar-refractivity contribution in [2.24, 2.45) is 0 Å². The van der Waals surface area contributed by atoms with E-state index in [9.17, 15) is 0 Å². The maximum Gasteiger partial charge on any atom is 0.141 e. The minimum atomic E-state index is 0. The fourth-order valence-corrected chi connectivity index (χ4v) is 1.39. The molecule has 2 rings (SSSR count). The van der Waals surface area contributed by atoms with Gasteiger partial charge in [-0.3, -0.25) is 0 Å². The summed E-state index contributed by atoms with van der Waals surface area (Å²) >= 11 is 0. The van der Waals surface area contributed by atoms with Gasteiger partial charge in [-0.05, 0) is 19.1 Å². The highest BCUT2D eigenvalue weighted by molar-refractivity contribution is 5.64. The normalized spacial score (nSPS) is 9.47. The summed E-state index contributed by atoms with van der Waals surface area (Å²) in [5, 5.41) is 0. The maximum absolute atomic E-state index is 5.25. The second-order valence-electron chi connectivity index (χ2n) is 3.12. The van der Waals surface area contributed by atoms with E-state index in [1.165, 1.54) is 0 Å². The summed E-state index contributed by atoms with van der Waals surface area (Å²) in [7, 11) is 1.66. The van der Waals surface area contributed by atoms with Crippen LogP contribution in [0.3, 0.4) is 0 Å². The van der Waals surface area contributed by atoms with Crippen LogP contribution in [0, 0.1) is 6.92 Å². The minimum Gasteiger partial charge on any atom is -0.496 e. The van der Waals surface area contributed by atoms with Gasteiger partial charge in [-0.15, -0.1) is 0 Å². The number of benzene rings is 1. The number of methoxy groups -OCH3 is 1. The number of H-pyrrole nitrogens is 1. The topological polar surface area (TPSA) is 37.9 Å². The first-order valence-corrected chi connectivity index (χ1v) is 4.46. The van der Waals surface area contributed by atoms with Crippen LogP contribution in [0.25, 0.3) is 11.4 Å². The number of hydrogen-bond acceptors (Lipinski definition) is 2. The van der Waals surface area contributed by atoms with Gasteiger partial charge in [0.25, 0.3) is 0 Å². The maximum atomic E-state index is 5.25. The highest BCUT2D eigenvalue weighted by atomic mass is 16.5. The summed E-state index contributed by atoms with van der Waals surface area (Å²) in [6.45, 7) is 1.98. The van der Waals surface area contributed by atoms with Crippen molar-refractivity contribution in [3.8, 4) is 17.1 Å². The average molecular weight is 204 g/mol. The molecule has 0 amide bonds. The van der Waals surface area contributed by atoms with E-state index < -0.39 is 0 Å². The van der Waals surface area contributed by atoms with Crippen molar-refractivity contribution in [1.82, 2.24) is 9.97 Å². The number of hydrogen-bond donors (Lipinski definition) is 1. The van der Waals surface area contributed by atoms with E-state index >= 15 is 0 Å². The molecule has 0 saturated carbocycles. The van der Waals surface area contributed by atoms with Gasteiger partial charge in [-0.25, -0.2) is 4.98 Å². The molecular weight excluding hydrogens is 188 g/mol. The summed E-state index contributed by atoms with van der Waals surface area (Å²) in [4.78, 5) is 7.44. The molecule has 1 aromatic heterocycles. The Morgan fingerprint density at radius 2 is 2.00 bits per heavy atom. The van der Waals surface area contributed by atoms with Gasteiger partial charge >= 0.3 is 0 Å². The van der Waals surface area contributed by atoms with E-state index in [2.05, 4.69) is 9.97 Å². The van der Waals surface area contributed by atoms with Gasteiger partial charge in [-0.1, -0.05) is 19.6 Å². The number of aromatic amines is 1. The average Bonchev–Trinajstić information content (AvgIpc) is 2.65. The first-order chi connectivity index (χ1) is 6.81. The Hall–Kier alpha value is -1.77. The zero-order valence-corrected chi connectivity index (χ0v) is 8.24. The molecule has 0 aliphatic heterocycles. The second kappa shape index (κ2) is 4.64. The third-order valence-electron chi connectivity index (χ3n) is 2.06. The molecule has 0 spiro atoms. The van der Waals surface area contributed by atoms with Gasteiger partial charge in [0.05, 0.1) is 12.7 Å². The Morgan fingerprint density at radius 1 is 1.27 bits per heavy atom. The van der Waals surface area contributed by atoms with Crippen molar-refractivity contribution in [1.29, 1.82) is 0 Å². The summed E-state index contributed by atoms with van der Waals surface area (Å²) < 4.78 is 5.25. The summed E-state index contributed by atoms with van der Waals surface area (Å²) in [6, 6.07) is 7.82. The van der Waals surface area contributed by atoms with Crippen LogP contribution < -0.4 is 4.74 Å². The lowest BCUT2D eigenvalue weighted by Gasteiger charge is -2.04. The molecule has 3 heteroatoms. The quantitative estimate of drug-likeness (QED) is 0.816. The van der Waals surface area contributed by atoms with E-state index in [0.717, 1.165) is 22.8 Å². The van der Waals surface area contributed by atoms with Gasteiger partial charge in [0.2, 0.25) is 0 Å². The van der Waals surface area contributed by atoms with Gasteiger partial charge in [-0.2, -0.15) is 0 Å². The molecule has 80 valence electrons. The fraction of sp³-hybridized carbons (Fsp3) is 0.250. The number of imidazole rings is 1. The Balaban J connectivity index is 0.00000112. The third-order valence-corrected chi connectivity index (χ3v) is 2.06. The van der Waals surface area contributed by atoms with Crippen LogP contribution >= 0.6 is 0 Å². The van der Waals surface area contributed by atoms with E-state index in [-0.39, 0.29) is 7.43 Å². The molecule has 1 aromatic carbocycles. The molecule has 1 heterocycles. The molecule has 0 aliphatic rings. The van der Waals surface area contributed by atoms with E-state index in [1.807, 2.05) is 37.4 Å². The van der Waals surface area contributed by atoms with Crippen LogP contribution in [0.4, 0.5) is 0 Å². The molecule has 3 nitrogen and oxygen atoms in total. The van der Waals surface area contributed by atoms with Crippen molar-refractivity contribution >= 4 is 0 Å². The standard InChI is InChI=1S/C11H12N2O.CH4/c1-8-7-12-11(13-8)9-5-3-4-6-10(9)14-2;/h3-7H,1-2H3,(H,12,13);1H4. The fourth-order valence-electron chi connectivity index (χ4n) is 1.39. The van der Waals surface area contributed by atoms with Crippen LogP contribution in [0.5, 0.6) is 5.75 Å². The van der Waals surface area contributed by atoms with Crippen LogP contribution in [-0.2, 0) is 0 Å². The molecule has 0 radical (unpaired) electrons. The number of para-hydroxylation sites is 1. The van der Waals surface area contributed by atoms with Crippen LogP contribution in [-0.4, -0.2) is 17.1 Å². The first-order valence-electron chi connectivity index (χ1n) is 4.46. The van der Waals surface area contributed by atoms with E-state index in [0.29, 0.717) is 0 Å². The van der Waals surface area contributed by atoms with Crippen LogP contribution in [0.1, 0.15) is 13.1 Å². The van der Waals surface area contributed by atoms with E-state index in [1.54, 1.807) is 7.11 Å². The molecule has 15 heavy (non-hydrogen) atoms. The number of rotatable bonds is 2. The van der Waals surface area contributed by atoms with Crippen molar-refractivity contribution in [2.75, 3.05) is 7.11 Å². The highest BCUT2D eigenvalue weighted by Crippen LogP contribution is 2.26. The second-order valence-corrected chi connectivity index (χ2v) is 3.12. The van der Waals surface area contributed by atoms with Gasteiger partial charge in [0, 0.05) is 11.9 Å². The lowest BCUT2D eigenvalue weighted by molar-refractivity contribution is 0.416. The number of ether oxygens (including phenoxy) is 1. The lowest BCUT2D eigenvalue weighted by atomic mass is 10.2. The number of nitrogens with zero attached hydrogens (tertiary/aromatic N) is 1. The predicted octanol–water partition coefficient (Wildman–Crippen LogP) is 3.03. The third kappa shape index (κ3) is 2.18. The Kier molecular flexibility index (Phi) is 3.50. The Labute approximate surface area is 90.1 Å². The zero-order chi connectivity index (χ0) is 9.97. The molecule has 1 N–H and O–H groups in total. The van der Waals surface area contributed by atoms with Gasteiger partial charge in [0.1, 0.15) is 11.6 Å². The molecular formula is C12H16N2O. The van der Waals surface area contributed by atoms with Crippen molar-refractivity contribution in [3.05, 3.63) is 36.2 Å². The summed E-state index contributed by atoms with van der Waals surface area (Å²) in [5.41, 5.74) is 2.04. The number of aryl methyl sites for hydroxylation is 1. The van der Waals surface area contributed by atoms with Gasteiger partial charge in [0.15, 0.2) is 0 Å². The van der Waals surface area contributed by atoms with Crippen molar-refractivity contribution in [3.63, 3.8) is 0 Å². The first kappa shape index (κ1) is 11.3. The zero-order valence-electron chi connectivity index (χ0n) is 8.24. The molecule has 0 saturated heterocycles. The van der Waals surface area contributed by atoms with Gasteiger partial charge < -0.3 is 9.72 Å². The largest absolute Gasteiger partial charge is 0.496 e. The molecule has 0 fully saturated rings. The van der Waals surface area contributed by atoms with E-state index in [4.69, 9.17) is 4.74 Å². The van der Waals surface area contributed by atoms with Crippen LogP contribution in [0.15, 0.2) is 30.5 Å². The summed E-state index contributed by atoms with van der Waals surface area (Å²) in [5.74, 6) is 1.68. The predicted molar refractivity (Wildman–Crippen MR) is 62.0 cm³/mol. The lowest BCUT2D eigenvalue weighted by Crippen LogP contribution is -1.88. The molecule has 0 atom stereocenters. The monoisotopic (exact) mass is 204 g/mol. The minimum absolute atomic E-state index is 0. The SMILES string of the molecule is C.COc1ccccc1-c1ncc(C)[nH]1. The van der Waals surface area contributed by atoms with Crippen LogP contribution in [0.2, 0.25) is 0 Å². The van der Waals surface area contributed by atoms with Crippen molar-refractivity contribution in [2.45, 2.75) is 14.4 Å². The molecule has 2 aromatic rings. The number of nitrogens with one attached hydrogen (secondary N) is 1. The highest BCUT2D eigenvalue weighted by Gasteiger charge is 2.06. The molecule has 0 bridgehead atoms. The Bertz CT molecular complexity index is 435.